The molecule has 7 heteroatoms. The highest BCUT2D eigenvalue weighted by Crippen LogP contribution is 1.92. The van der Waals surface area contributed by atoms with E-state index in [-0.39, 0.29) is 5.95 Å². The fourth-order valence-electron chi connectivity index (χ4n) is 0.636. The van der Waals surface area contributed by atoms with Gasteiger partial charge in [-0.25, -0.2) is 4.79 Å². The van der Waals surface area contributed by atoms with Crippen LogP contribution in [0.1, 0.15) is 0 Å². The van der Waals surface area contributed by atoms with Crippen LogP contribution >= 0.6 is 11.6 Å². The van der Waals surface area contributed by atoms with E-state index in [1.54, 1.807) is 0 Å². The molecule has 0 saturated heterocycles. The number of nitrogens with zero attached hydrogens (tertiary/aromatic N) is 3. The Morgan fingerprint density at radius 3 is 3.08 bits per heavy atom. The monoisotopic (exact) mass is 189 g/mol. The normalized spacial score (nSPS) is 9.75. The summed E-state index contributed by atoms with van der Waals surface area (Å²) in [6, 6.07) is -0.425. The predicted molar refractivity (Wildman–Crippen MR) is 44.0 cm³/mol. The maximum Gasteiger partial charge on any atom is 0.345 e. The van der Waals surface area contributed by atoms with Gasteiger partial charge in [-0.3, -0.25) is 0 Å². The topological polar surface area (TPSA) is 85.8 Å². The van der Waals surface area contributed by atoms with Crippen molar-refractivity contribution >= 4 is 23.6 Å². The van der Waals surface area contributed by atoms with Gasteiger partial charge in [0, 0.05) is 12.4 Å². The molecule has 66 valence electrons. The van der Waals surface area contributed by atoms with Gasteiger partial charge in [-0.05, 0) is 0 Å². The van der Waals surface area contributed by atoms with Crippen molar-refractivity contribution in [2.45, 2.75) is 0 Å². The van der Waals surface area contributed by atoms with Gasteiger partial charge in [0.25, 0.3) is 0 Å². The van der Waals surface area contributed by atoms with Crippen molar-refractivity contribution in [3.8, 4) is 0 Å². The molecule has 0 fully saturated rings. The number of nitrogens with two attached hydrogens (primary N) is 1. The van der Waals surface area contributed by atoms with Crippen molar-refractivity contribution in [1.29, 1.82) is 0 Å². The number of carbonyl (C=O) groups is 1. The van der Waals surface area contributed by atoms with Crippen LogP contribution in [0.15, 0.2) is 6.33 Å². The second-order valence-corrected chi connectivity index (χ2v) is 2.33. The van der Waals surface area contributed by atoms with Crippen molar-refractivity contribution in [2.24, 2.45) is 0 Å². The molecule has 0 radical (unpaired) electrons. The number of halogens is 1. The molecule has 0 atom stereocenters. The van der Waals surface area contributed by atoms with Gasteiger partial charge in [0.05, 0.1) is 0 Å². The summed E-state index contributed by atoms with van der Waals surface area (Å²) >= 11 is 5.36. The minimum absolute atomic E-state index is 0.0575. The Bertz CT molecular complexity index is 273. The number of nitrogens with one attached hydrogen (secondary N) is 1. The van der Waals surface area contributed by atoms with Gasteiger partial charge in [0.15, 0.2) is 0 Å². The fraction of sp³-hybridized carbons (Fsp3) is 0.400. The molecule has 0 aliphatic carbocycles. The summed E-state index contributed by atoms with van der Waals surface area (Å²) in [4.78, 5) is 14.7. The van der Waals surface area contributed by atoms with Crippen LogP contribution in [-0.4, -0.2) is 33.2 Å². The van der Waals surface area contributed by atoms with E-state index in [1.165, 1.54) is 6.33 Å². The Labute approximate surface area is 73.7 Å². The fourth-order valence-corrected chi connectivity index (χ4v) is 0.730. The van der Waals surface area contributed by atoms with E-state index >= 15 is 0 Å². The average Bonchev–Trinajstić information content (AvgIpc) is 2.47. The molecule has 0 bridgehead atoms. The number of hydrogen-bond acceptors (Lipinski definition) is 4. The zero-order chi connectivity index (χ0) is 8.97. The van der Waals surface area contributed by atoms with Gasteiger partial charge in [0.1, 0.15) is 6.33 Å². The van der Waals surface area contributed by atoms with Crippen LogP contribution in [0.5, 0.6) is 0 Å². The molecule has 1 aromatic heterocycles. The first kappa shape index (κ1) is 8.79. The summed E-state index contributed by atoms with van der Waals surface area (Å²) in [5.41, 5.74) is 5.31. The van der Waals surface area contributed by atoms with Gasteiger partial charge in [0.2, 0.25) is 5.95 Å². The van der Waals surface area contributed by atoms with E-state index in [2.05, 4.69) is 15.4 Å². The van der Waals surface area contributed by atoms with Crippen LogP contribution in [0.2, 0.25) is 0 Å². The number of carbonyl (C=O) groups excluding carboxylic acids is 1. The van der Waals surface area contributed by atoms with Gasteiger partial charge >= 0.3 is 6.03 Å². The standard InChI is InChI=1S/C5H8ClN5O/c6-1-2-8-5(12)11-4(7)9-3-10-11/h3H,1-2H2,(H,8,12)(H2,7,9,10). The van der Waals surface area contributed by atoms with Gasteiger partial charge < -0.3 is 11.1 Å². The van der Waals surface area contributed by atoms with E-state index in [1.807, 2.05) is 0 Å². The highest BCUT2D eigenvalue weighted by molar-refractivity contribution is 6.18. The number of rotatable bonds is 2. The molecule has 0 aliphatic heterocycles. The molecule has 0 saturated carbocycles. The molecule has 0 aromatic carbocycles. The van der Waals surface area contributed by atoms with Crippen molar-refractivity contribution in [3.63, 3.8) is 0 Å². The lowest BCUT2D eigenvalue weighted by molar-refractivity contribution is 0.240. The van der Waals surface area contributed by atoms with Crippen molar-refractivity contribution in [2.75, 3.05) is 18.2 Å². The Morgan fingerprint density at radius 1 is 1.83 bits per heavy atom. The number of nitrogen functional groups attached to an aromatic ring is 1. The minimum atomic E-state index is -0.425. The molecule has 1 aromatic rings. The summed E-state index contributed by atoms with van der Waals surface area (Å²) in [6.07, 6.45) is 1.20. The number of hydrogen-bond donors (Lipinski definition) is 2. The van der Waals surface area contributed by atoms with Crippen LogP contribution in [0.25, 0.3) is 0 Å². The molecule has 12 heavy (non-hydrogen) atoms. The predicted octanol–water partition coefficient (Wildman–Crippen LogP) is -0.343. The molecule has 0 spiro atoms. The van der Waals surface area contributed by atoms with Gasteiger partial charge in [-0.2, -0.15) is 4.98 Å². The summed E-state index contributed by atoms with van der Waals surface area (Å²) in [5.74, 6) is 0.405. The van der Waals surface area contributed by atoms with E-state index in [4.69, 9.17) is 17.3 Å². The molecule has 1 rings (SSSR count). The van der Waals surface area contributed by atoms with Gasteiger partial charge in [-0.15, -0.1) is 21.4 Å². The lowest BCUT2D eigenvalue weighted by Gasteiger charge is -2.01. The second-order valence-electron chi connectivity index (χ2n) is 1.95. The van der Waals surface area contributed by atoms with E-state index in [9.17, 15) is 4.79 Å². The van der Waals surface area contributed by atoms with Crippen molar-refractivity contribution in [3.05, 3.63) is 6.33 Å². The van der Waals surface area contributed by atoms with E-state index < -0.39 is 6.03 Å². The minimum Gasteiger partial charge on any atom is -0.368 e. The molecular weight excluding hydrogens is 182 g/mol. The largest absolute Gasteiger partial charge is 0.368 e. The highest BCUT2D eigenvalue weighted by atomic mass is 35.5. The van der Waals surface area contributed by atoms with Crippen LogP contribution < -0.4 is 11.1 Å². The Hall–Kier alpha value is -1.30. The molecule has 3 N–H and O–H groups in total. The first-order valence-corrected chi connectivity index (χ1v) is 3.79. The highest BCUT2D eigenvalue weighted by Gasteiger charge is 2.07. The summed E-state index contributed by atoms with van der Waals surface area (Å²) in [6.45, 7) is 0.375. The van der Waals surface area contributed by atoms with Crippen LogP contribution in [0.3, 0.4) is 0 Å². The smallest absolute Gasteiger partial charge is 0.345 e. The lowest BCUT2D eigenvalue weighted by atomic mass is 10.7. The lowest BCUT2D eigenvalue weighted by Crippen LogP contribution is -2.31. The van der Waals surface area contributed by atoms with Crippen molar-refractivity contribution < 1.29 is 4.79 Å². The summed E-state index contributed by atoms with van der Waals surface area (Å²) in [5, 5.41) is 6.08. The summed E-state index contributed by atoms with van der Waals surface area (Å²) < 4.78 is 0.965. The maximum absolute atomic E-state index is 11.1. The van der Waals surface area contributed by atoms with Crippen LogP contribution in [0, 0.1) is 0 Å². The average molecular weight is 190 g/mol. The van der Waals surface area contributed by atoms with E-state index in [0.717, 1.165) is 4.68 Å². The number of aromatic nitrogens is 3. The molecule has 1 heterocycles. The van der Waals surface area contributed by atoms with Gasteiger partial charge in [-0.1, -0.05) is 0 Å². The first-order chi connectivity index (χ1) is 5.75. The van der Waals surface area contributed by atoms with Crippen LogP contribution in [-0.2, 0) is 0 Å². The molecule has 6 nitrogen and oxygen atoms in total. The van der Waals surface area contributed by atoms with Crippen molar-refractivity contribution in [1.82, 2.24) is 20.1 Å². The molecular formula is C5H8ClN5O. The molecule has 0 unspecified atom stereocenters. The number of alkyl halides is 1. The number of amides is 1. The Kier molecular flexibility index (Phi) is 2.87. The Balaban J connectivity index is 2.59. The number of anilines is 1. The molecule has 1 amide bonds. The third-order valence-electron chi connectivity index (χ3n) is 1.14. The zero-order valence-corrected chi connectivity index (χ0v) is 6.95. The third kappa shape index (κ3) is 1.85. The quantitative estimate of drug-likeness (QED) is 0.623. The zero-order valence-electron chi connectivity index (χ0n) is 6.20. The SMILES string of the molecule is Nc1ncnn1C(=O)NCCCl. The first-order valence-electron chi connectivity index (χ1n) is 3.25. The van der Waals surface area contributed by atoms with Crippen LogP contribution in [0.4, 0.5) is 10.7 Å². The van der Waals surface area contributed by atoms with E-state index in [0.29, 0.717) is 12.4 Å². The second kappa shape index (κ2) is 3.91. The third-order valence-corrected chi connectivity index (χ3v) is 1.33. The maximum atomic E-state index is 11.1. The Morgan fingerprint density at radius 2 is 2.58 bits per heavy atom. The molecule has 0 aliphatic rings. The summed E-state index contributed by atoms with van der Waals surface area (Å²) in [7, 11) is 0.